The summed E-state index contributed by atoms with van der Waals surface area (Å²) in [6.07, 6.45) is 6.71. The normalized spacial score (nSPS) is 28.2. The van der Waals surface area contributed by atoms with Crippen molar-refractivity contribution in [2.24, 2.45) is 5.92 Å². The van der Waals surface area contributed by atoms with Crippen molar-refractivity contribution in [3.63, 3.8) is 0 Å². The van der Waals surface area contributed by atoms with Crippen LogP contribution < -0.4 is 10.6 Å². The molecule has 2 rings (SSSR count). The fraction of sp³-hybridized carbons (Fsp3) is 0.867. The smallest absolute Gasteiger partial charge is 0.222 e. The second kappa shape index (κ2) is 7.07. The highest BCUT2D eigenvalue weighted by Gasteiger charge is 2.33. The lowest BCUT2D eigenvalue weighted by Crippen LogP contribution is -2.39. The molecule has 2 amide bonds. The first-order valence-corrected chi connectivity index (χ1v) is 7.77. The third kappa shape index (κ3) is 4.47. The Kier molecular flexibility index (Phi) is 5.40. The fourth-order valence-corrected chi connectivity index (χ4v) is 3.37. The van der Waals surface area contributed by atoms with Gasteiger partial charge in [-0.25, -0.2) is 0 Å². The molecule has 2 fully saturated rings. The maximum Gasteiger partial charge on any atom is 0.222 e. The van der Waals surface area contributed by atoms with Gasteiger partial charge in [0, 0.05) is 45.6 Å². The Balaban J connectivity index is 1.58. The van der Waals surface area contributed by atoms with E-state index in [-0.39, 0.29) is 11.8 Å². The molecule has 20 heavy (non-hydrogen) atoms. The molecule has 2 atom stereocenters. The summed E-state index contributed by atoms with van der Waals surface area (Å²) < 4.78 is 0. The average molecular weight is 281 g/mol. The molecule has 0 aliphatic carbocycles. The molecule has 2 saturated heterocycles. The van der Waals surface area contributed by atoms with Gasteiger partial charge in [-0.15, -0.1) is 0 Å². The monoisotopic (exact) mass is 281 g/mol. The Morgan fingerprint density at radius 3 is 2.45 bits per heavy atom. The summed E-state index contributed by atoms with van der Waals surface area (Å²) in [5.74, 6) is 0.805. The van der Waals surface area contributed by atoms with Crippen LogP contribution in [0.3, 0.4) is 0 Å². The van der Waals surface area contributed by atoms with Crippen LogP contribution in [0.4, 0.5) is 0 Å². The number of hydrogen-bond donors (Lipinski definition) is 2. The molecule has 114 valence electrons. The summed E-state index contributed by atoms with van der Waals surface area (Å²) in [5.41, 5.74) is 0. The summed E-state index contributed by atoms with van der Waals surface area (Å²) in [7, 11) is 3.51. The molecule has 5 nitrogen and oxygen atoms in total. The summed E-state index contributed by atoms with van der Waals surface area (Å²) in [6.45, 7) is 0.607. The van der Waals surface area contributed by atoms with E-state index in [1.807, 2.05) is 0 Å². The lowest BCUT2D eigenvalue weighted by Gasteiger charge is -2.28. The van der Waals surface area contributed by atoms with Crippen molar-refractivity contribution in [2.45, 2.75) is 57.0 Å². The third-order valence-electron chi connectivity index (χ3n) is 4.43. The number of fused-ring (bicyclic) bond motifs is 2. The van der Waals surface area contributed by atoms with Crippen molar-refractivity contribution < 1.29 is 9.59 Å². The molecular weight excluding hydrogens is 254 g/mol. The highest BCUT2D eigenvalue weighted by molar-refractivity contribution is 5.77. The van der Waals surface area contributed by atoms with E-state index in [0.29, 0.717) is 37.4 Å². The molecule has 0 saturated carbocycles. The number of hydrogen-bond acceptors (Lipinski definition) is 3. The molecule has 2 heterocycles. The van der Waals surface area contributed by atoms with Crippen molar-refractivity contribution in [3.05, 3.63) is 0 Å². The van der Waals surface area contributed by atoms with E-state index in [2.05, 4.69) is 10.6 Å². The van der Waals surface area contributed by atoms with E-state index in [1.165, 1.54) is 12.8 Å². The molecule has 0 aromatic heterocycles. The van der Waals surface area contributed by atoms with Crippen LogP contribution in [0.5, 0.6) is 0 Å². The molecule has 0 aromatic carbocycles. The minimum Gasteiger partial charge on any atom is -0.356 e. The van der Waals surface area contributed by atoms with E-state index in [9.17, 15) is 9.59 Å². The highest BCUT2D eigenvalue weighted by Crippen LogP contribution is 2.32. The van der Waals surface area contributed by atoms with Crippen LogP contribution in [0.2, 0.25) is 0 Å². The quantitative estimate of drug-likeness (QED) is 0.711. The summed E-state index contributed by atoms with van der Waals surface area (Å²) in [5, 5.41) is 6.54. The molecule has 2 aliphatic rings. The van der Waals surface area contributed by atoms with Crippen molar-refractivity contribution in [2.75, 3.05) is 20.6 Å². The van der Waals surface area contributed by atoms with Crippen molar-refractivity contribution in [3.8, 4) is 0 Å². The van der Waals surface area contributed by atoms with Crippen LogP contribution in [0, 0.1) is 5.92 Å². The summed E-state index contributed by atoms with van der Waals surface area (Å²) in [4.78, 5) is 24.9. The van der Waals surface area contributed by atoms with Gasteiger partial charge in [0.2, 0.25) is 11.8 Å². The number of carbonyl (C=O) groups is 2. The Bertz CT molecular complexity index is 345. The molecule has 2 aliphatic heterocycles. The van der Waals surface area contributed by atoms with Crippen molar-refractivity contribution in [1.29, 1.82) is 0 Å². The fourth-order valence-electron chi connectivity index (χ4n) is 3.37. The van der Waals surface area contributed by atoms with Crippen LogP contribution in [-0.4, -0.2) is 49.4 Å². The number of amides is 2. The molecule has 0 radical (unpaired) electrons. The lowest BCUT2D eigenvalue weighted by molar-refractivity contribution is -0.129. The van der Waals surface area contributed by atoms with E-state index >= 15 is 0 Å². The van der Waals surface area contributed by atoms with Gasteiger partial charge in [0.05, 0.1) is 0 Å². The topological polar surface area (TPSA) is 61.4 Å². The van der Waals surface area contributed by atoms with E-state index in [1.54, 1.807) is 19.0 Å². The maximum atomic E-state index is 11.9. The molecular formula is C15H27N3O2. The van der Waals surface area contributed by atoms with Crippen LogP contribution in [0.25, 0.3) is 0 Å². The average Bonchev–Trinajstić information content (AvgIpc) is 2.73. The van der Waals surface area contributed by atoms with E-state index in [0.717, 1.165) is 19.3 Å². The van der Waals surface area contributed by atoms with E-state index in [4.69, 9.17) is 0 Å². The Morgan fingerprint density at radius 2 is 1.85 bits per heavy atom. The Labute approximate surface area is 121 Å². The zero-order valence-corrected chi connectivity index (χ0v) is 12.7. The van der Waals surface area contributed by atoms with E-state index < -0.39 is 0 Å². The Hall–Kier alpha value is -1.10. The van der Waals surface area contributed by atoms with Crippen molar-refractivity contribution in [1.82, 2.24) is 15.5 Å². The number of piperidine rings is 1. The number of nitrogens with zero attached hydrogens (tertiary/aromatic N) is 1. The van der Waals surface area contributed by atoms with Gasteiger partial charge in [0.25, 0.3) is 0 Å². The minimum atomic E-state index is 0.120. The molecule has 0 spiro atoms. The number of nitrogens with one attached hydrogen (secondary N) is 2. The SMILES string of the molecule is CN(C)C(=O)CCCNC(=O)CC1CC2CCC(C1)N2. The standard InChI is InChI=1S/C15H27N3O2/c1-18(2)15(20)4-3-7-16-14(19)10-11-8-12-5-6-13(9-11)17-12/h11-13,17H,3-10H2,1-2H3,(H,16,19). The number of carbonyl (C=O) groups excluding carboxylic acids is 2. The van der Waals surface area contributed by atoms with Gasteiger partial charge in [-0.2, -0.15) is 0 Å². The highest BCUT2D eigenvalue weighted by atomic mass is 16.2. The first kappa shape index (κ1) is 15.3. The molecule has 0 aromatic rings. The first-order valence-electron chi connectivity index (χ1n) is 7.77. The summed E-state index contributed by atoms with van der Waals surface area (Å²) >= 11 is 0. The largest absolute Gasteiger partial charge is 0.356 e. The van der Waals surface area contributed by atoms with Gasteiger partial charge in [-0.05, 0) is 38.0 Å². The van der Waals surface area contributed by atoms with Gasteiger partial charge in [0.15, 0.2) is 0 Å². The minimum absolute atomic E-state index is 0.120. The second-order valence-electron chi connectivity index (χ2n) is 6.42. The maximum absolute atomic E-state index is 11.9. The van der Waals surface area contributed by atoms with Crippen LogP contribution in [0.15, 0.2) is 0 Å². The van der Waals surface area contributed by atoms with Gasteiger partial charge >= 0.3 is 0 Å². The van der Waals surface area contributed by atoms with Crippen LogP contribution in [-0.2, 0) is 9.59 Å². The molecule has 2 bridgehead atoms. The molecule has 2 N–H and O–H groups in total. The Morgan fingerprint density at radius 1 is 1.20 bits per heavy atom. The van der Waals surface area contributed by atoms with Gasteiger partial charge in [-0.1, -0.05) is 0 Å². The van der Waals surface area contributed by atoms with Crippen LogP contribution in [0.1, 0.15) is 44.9 Å². The summed E-state index contributed by atoms with van der Waals surface area (Å²) in [6, 6.07) is 1.29. The van der Waals surface area contributed by atoms with Gasteiger partial charge < -0.3 is 15.5 Å². The van der Waals surface area contributed by atoms with Crippen molar-refractivity contribution >= 4 is 11.8 Å². The molecule has 2 unspecified atom stereocenters. The van der Waals surface area contributed by atoms with Crippen LogP contribution >= 0.6 is 0 Å². The van der Waals surface area contributed by atoms with Gasteiger partial charge in [-0.3, -0.25) is 9.59 Å². The molecule has 5 heteroatoms. The second-order valence-corrected chi connectivity index (χ2v) is 6.42. The zero-order chi connectivity index (χ0) is 14.5. The number of rotatable bonds is 6. The third-order valence-corrected chi connectivity index (χ3v) is 4.43. The lowest BCUT2D eigenvalue weighted by atomic mass is 9.89. The predicted molar refractivity (Wildman–Crippen MR) is 78.2 cm³/mol. The zero-order valence-electron chi connectivity index (χ0n) is 12.7. The van der Waals surface area contributed by atoms with Gasteiger partial charge in [0.1, 0.15) is 0 Å². The predicted octanol–water partition coefficient (Wildman–Crippen LogP) is 0.892. The first-order chi connectivity index (χ1) is 9.54.